The van der Waals surface area contributed by atoms with E-state index >= 15 is 0 Å². The second-order valence-electron chi connectivity index (χ2n) is 5.24. The third-order valence-corrected chi connectivity index (χ3v) is 3.79. The van der Waals surface area contributed by atoms with E-state index in [-0.39, 0.29) is 11.7 Å². The molecule has 0 saturated carbocycles. The third kappa shape index (κ3) is 2.25. The Hall–Kier alpha value is -1.42. The molecule has 3 nitrogen and oxygen atoms in total. The zero-order chi connectivity index (χ0) is 12.5. The van der Waals surface area contributed by atoms with Crippen LogP contribution in [0, 0.1) is 11.7 Å². The summed E-state index contributed by atoms with van der Waals surface area (Å²) in [6.07, 6.45) is 3.50. The van der Waals surface area contributed by atoms with E-state index in [0.717, 1.165) is 36.3 Å². The van der Waals surface area contributed by atoms with Crippen molar-refractivity contribution in [3.8, 4) is 0 Å². The SMILES string of the molecule is O=C1Cc2cc(F)cc(CC3CCCNC3)c2N1. The lowest BCUT2D eigenvalue weighted by molar-refractivity contribution is -0.115. The van der Waals surface area contributed by atoms with Gasteiger partial charge < -0.3 is 10.6 Å². The van der Waals surface area contributed by atoms with Gasteiger partial charge >= 0.3 is 0 Å². The van der Waals surface area contributed by atoms with E-state index in [4.69, 9.17) is 0 Å². The summed E-state index contributed by atoms with van der Waals surface area (Å²) in [5.74, 6) is 0.282. The minimum Gasteiger partial charge on any atom is -0.325 e. The maximum Gasteiger partial charge on any atom is 0.228 e. The zero-order valence-electron chi connectivity index (χ0n) is 10.3. The smallest absolute Gasteiger partial charge is 0.228 e. The fraction of sp³-hybridized carbons (Fsp3) is 0.500. The average Bonchev–Trinajstić information content (AvgIpc) is 2.71. The van der Waals surface area contributed by atoms with Crippen molar-refractivity contribution < 1.29 is 9.18 Å². The summed E-state index contributed by atoms with van der Waals surface area (Å²) in [5.41, 5.74) is 2.61. The van der Waals surface area contributed by atoms with Crippen molar-refractivity contribution in [2.24, 2.45) is 5.92 Å². The molecule has 2 aliphatic heterocycles. The Morgan fingerprint density at radius 1 is 1.39 bits per heavy atom. The molecule has 1 aromatic carbocycles. The number of piperidine rings is 1. The highest BCUT2D eigenvalue weighted by Gasteiger charge is 2.24. The molecule has 0 aliphatic carbocycles. The molecule has 1 saturated heterocycles. The van der Waals surface area contributed by atoms with E-state index in [2.05, 4.69) is 10.6 Å². The van der Waals surface area contributed by atoms with Gasteiger partial charge in [-0.1, -0.05) is 0 Å². The Morgan fingerprint density at radius 3 is 3.06 bits per heavy atom. The lowest BCUT2D eigenvalue weighted by Gasteiger charge is -2.23. The molecule has 18 heavy (non-hydrogen) atoms. The molecule has 2 aliphatic rings. The predicted molar refractivity (Wildman–Crippen MR) is 68.0 cm³/mol. The van der Waals surface area contributed by atoms with Crippen LogP contribution >= 0.6 is 0 Å². The lowest BCUT2D eigenvalue weighted by Crippen LogP contribution is -2.31. The molecule has 0 radical (unpaired) electrons. The number of halogens is 1. The van der Waals surface area contributed by atoms with Crippen LogP contribution in [0.4, 0.5) is 10.1 Å². The van der Waals surface area contributed by atoms with Gasteiger partial charge in [0.2, 0.25) is 5.91 Å². The number of benzene rings is 1. The molecule has 2 N–H and O–H groups in total. The summed E-state index contributed by atoms with van der Waals surface area (Å²) >= 11 is 0. The standard InChI is InChI=1S/C14H17FN2O/c15-12-5-10(4-9-2-1-3-16-8-9)14-11(6-12)7-13(18)17-14/h5-6,9,16H,1-4,7-8H2,(H,17,18). The fourth-order valence-corrected chi connectivity index (χ4v) is 2.95. The number of anilines is 1. The summed E-state index contributed by atoms with van der Waals surface area (Å²) in [6, 6.07) is 3.04. The van der Waals surface area contributed by atoms with Gasteiger partial charge in [0.1, 0.15) is 5.82 Å². The largest absolute Gasteiger partial charge is 0.325 e. The second kappa shape index (κ2) is 4.69. The molecule has 3 rings (SSSR count). The molecular weight excluding hydrogens is 231 g/mol. The molecule has 96 valence electrons. The van der Waals surface area contributed by atoms with Crippen molar-refractivity contribution in [3.63, 3.8) is 0 Å². The Labute approximate surface area is 106 Å². The van der Waals surface area contributed by atoms with E-state index < -0.39 is 0 Å². The molecule has 1 unspecified atom stereocenters. The first-order valence-electron chi connectivity index (χ1n) is 6.54. The van der Waals surface area contributed by atoms with E-state index in [1.807, 2.05) is 0 Å². The van der Waals surface area contributed by atoms with Crippen molar-refractivity contribution >= 4 is 11.6 Å². The third-order valence-electron chi connectivity index (χ3n) is 3.79. The first kappa shape index (κ1) is 11.7. The number of carbonyl (C=O) groups excluding carboxylic acids is 1. The topological polar surface area (TPSA) is 41.1 Å². The highest BCUT2D eigenvalue weighted by molar-refractivity contribution is 6.00. The molecule has 4 heteroatoms. The first-order valence-corrected chi connectivity index (χ1v) is 6.54. The van der Waals surface area contributed by atoms with Crippen LogP contribution in [0.15, 0.2) is 12.1 Å². The minimum atomic E-state index is -0.232. The molecule has 1 amide bonds. The van der Waals surface area contributed by atoms with Gasteiger partial charge in [-0.2, -0.15) is 0 Å². The highest BCUT2D eigenvalue weighted by Crippen LogP contribution is 2.31. The van der Waals surface area contributed by atoms with Crippen molar-refractivity contribution in [3.05, 3.63) is 29.1 Å². The van der Waals surface area contributed by atoms with Crippen molar-refractivity contribution in [1.82, 2.24) is 5.32 Å². The molecule has 2 heterocycles. The Bertz CT molecular complexity index is 481. The molecule has 1 fully saturated rings. The molecule has 0 spiro atoms. The molecule has 1 atom stereocenters. The molecule has 0 aromatic heterocycles. The van der Waals surface area contributed by atoms with Gasteiger partial charge in [-0.25, -0.2) is 4.39 Å². The maximum atomic E-state index is 13.5. The van der Waals surface area contributed by atoms with Crippen LogP contribution in [-0.2, 0) is 17.6 Å². The van der Waals surface area contributed by atoms with Gasteiger partial charge in [0.05, 0.1) is 6.42 Å². The second-order valence-corrected chi connectivity index (χ2v) is 5.24. The predicted octanol–water partition coefficient (Wildman–Crippen LogP) is 1.86. The van der Waals surface area contributed by atoms with Gasteiger partial charge in [0.15, 0.2) is 0 Å². The van der Waals surface area contributed by atoms with Crippen LogP contribution < -0.4 is 10.6 Å². The molecule has 0 bridgehead atoms. The van der Waals surface area contributed by atoms with Crippen LogP contribution in [-0.4, -0.2) is 19.0 Å². The van der Waals surface area contributed by atoms with Gasteiger partial charge in [-0.3, -0.25) is 4.79 Å². The van der Waals surface area contributed by atoms with Crippen molar-refractivity contribution in [2.75, 3.05) is 18.4 Å². The van der Waals surface area contributed by atoms with E-state index in [0.29, 0.717) is 12.3 Å². The van der Waals surface area contributed by atoms with Crippen LogP contribution in [0.5, 0.6) is 0 Å². The first-order chi connectivity index (χ1) is 8.72. The van der Waals surface area contributed by atoms with Gasteiger partial charge in [0, 0.05) is 5.69 Å². The zero-order valence-corrected chi connectivity index (χ0v) is 10.3. The van der Waals surface area contributed by atoms with Crippen LogP contribution in [0.3, 0.4) is 0 Å². The van der Waals surface area contributed by atoms with Gasteiger partial charge in [-0.15, -0.1) is 0 Å². The summed E-state index contributed by atoms with van der Waals surface area (Å²) in [5, 5.41) is 6.22. The van der Waals surface area contributed by atoms with E-state index in [1.54, 1.807) is 6.07 Å². The Kier molecular flexibility index (Phi) is 3.04. The highest BCUT2D eigenvalue weighted by atomic mass is 19.1. The normalized spacial score (nSPS) is 22.7. The van der Waals surface area contributed by atoms with E-state index in [1.165, 1.54) is 18.9 Å². The number of rotatable bonds is 2. The summed E-state index contributed by atoms with van der Waals surface area (Å²) in [6.45, 7) is 2.06. The number of hydrogen-bond acceptors (Lipinski definition) is 2. The number of hydrogen-bond donors (Lipinski definition) is 2. The van der Waals surface area contributed by atoms with Crippen LogP contribution in [0.1, 0.15) is 24.0 Å². The monoisotopic (exact) mass is 248 g/mol. The van der Waals surface area contributed by atoms with Gasteiger partial charge in [-0.05, 0) is 61.5 Å². The number of amides is 1. The number of fused-ring (bicyclic) bond motifs is 1. The minimum absolute atomic E-state index is 0.0291. The van der Waals surface area contributed by atoms with E-state index in [9.17, 15) is 9.18 Å². The van der Waals surface area contributed by atoms with Crippen molar-refractivity contribution in [2.45, 2.75) is 25.7 Å². The summed E-state index contributed by atoms with van der Waals surface area (Å²) in [4.78, 5) is 11.4. The summed E-state index contributed by atoms with van der Waals surface area (Å²) < 4.78 is 13.5. The number of nitrogens with one attached hydrogen (secondary N) is 2. The Balaban J connectivity index is 1.85. The molecule has 1 aromatic rings. The maximum absolute atomic E-state index is 13.5. The van der Waals surface area contributed by atoms with Crippen LogP contribution in [0.25, 0.3) is 0 Å². The van der Waals surface area contributed by atoms with Gasteiger partial charge in [0.25, 0.3) is 0 Å². The Morgan fingerprint density at radius 2 is 2.28 bits per heavy atom. The average molecular weight is 248 g/mol. The fourth-order valence-electron chi connectivity index (χ4n) is 2.95. The summed E-state index contributed by atoms with van der Waals surface area (Å²) in [7, 11) is 0. The van der Waals surface area contributed by atoms with Crippen molar-refractivity contribution in [1.29, 1.82) is 0 Å². The molecular formula is C14H17FN2O. The lowest BCUT2D eigenvalue weighted by atomic mass is 9.91. The quantitative estimate of drug-likeness (QED) is 0.838. The van der Waals surface area contributed by atoms with Crippen LogP contribution in [0.2, 0.25) is 0 Å². The number of carbonyl (C=O) groups is 1.